The van der Waals surface area contributed by atoms with Crippen molar-refractivity contribution in [3.63, 3.8) is 0 Å². The van der Waals surface area contributed by atoms with Gasteiger partial charge in [0.05, 0.1) is 11.1 Å². The van der Waals surface area contributed by atoms with E-state index in [2.05, 4.69) is 10.6 Å². The number of rotatable bonds is 6. The molecule has 3 rings (SSSR count). The van der Waals surface area contributed by atoms with Gasteiger partial charge in [-0.1, -0.05) is 44.2 Å². The lowest BCUT2D eigenvalue weighted by Crippen LogP contribution is -2.33. The standard InChI is InChI=1S/C21H23N3O3/c1-14(2)13-24-19(25)17-9-8-16(12-18(17)20(24)26)23-21(27)22-11-10-15-6-4-3-5-7-15/h3-9,12,14H,10-11,13H2,1-2H3,(H2,22,23,27). The van der Waals surface area contributed by atoms with E-state index < -0.39 is 0 Å². The summed E-state index contributed by atoms with van der Waals surface area (Å²) in [5.41, 5.74) is 2.35. The van der Waals surface area contributed by atoms with Gasteiger partial charge in [-0.2, -0.15) is 0 Å². The number of amides is 4. The maximum absolute atomic E-state index is 12.5. The monoisotopic (exact) mass is 365 g/mol. The number of nitrogens with one attached hydrogen (secondary N) is 2. The molecule has 0 saturated carbocycles. The molecule has 1 aliphatic heterocycles. The lowest BCUT2D eigenvalue weighted by molar-refractivity contribution is 0.0636. The van der Waals surface area contributed by atoms with Crippen LogP contribution in [-0.4, -0.2) is 35.8 Å². The van der Waals surface area contributed by atoms with Crippen LogP contribution in [0.15, 0.2) is 48.5 Å². The fraction of sp³-hybridized carbons (Fsp3) is 0.286. The van der Waals surface area contributed by atoms with E-state index >= 15 is 0 Å². The van der Waals surface area contributed by atoms with Gasteiger partial charge in [-0.05, 0) is 36.1 Å². The average molecular weight is 365 g/mol. The predicted molar refractivity (Wildman–Crippen MR) is 104 cm³/mol. The van der Waals surface area contributed by atoms with Gasteiger partial charge in [0.2, 0.25) is 0 Å². The minimum atomic E-state index is -0.346. The summed E-state index contributed by atoms with van der Waals surface area (Å²) in [6.45, 7) is 4.79. The van der Waals surface area contributed by atoms with E-state index in [-0.39, 0.29) is 23.8 Å². The maximum atomic E-state index is 12.5. The van der Waals surface area contributed by atoms with Crippen LogP contribution in [0.2, 0.25) is 0 Å². The van der Waals surface area contributed by atoms with Gasteiger partial charge in [-0.3, -0.25) is 14.5 Å². The molecule has 6 nitrogen and oxygen atoms in total. The highest BCUT2D eigenvalue weighted by molar-refractivity contribution is 6.21. The Labute approximate surface area is 158 Å². The summed E-state index contributed by atoms with van der Waals surface area (Å²) >= 11 is 0. The van der Waals surface area contributed by atoms with E-state index in [0.717, 1.165) is 12.0 Å². The molecular weight excluding hydrogens is 342 g/mol. The van der Waals surface area contributed by atoms with E-state index in [4.69, 9.17) is 0 Å². The zero-order valence-electron chi connectivity index (χ0n) is 15.5. The van der Waals surface area contributed by atoms with E-state index in [9.17, 15) is 14.4 Å². The fourth-order valence-electron chi connectivity index (χ4n) is 3.04. The number of urea groups is 1. The molecule has 0 saturated heterocycles. The molecule has 0 radical (unpaired) electrons. The summed E-state index contributed by atoms with van der Waals surface area (Å²) in [6, 6.07) is 14.3. The third-order valence-electron chi connectivity index (χ3n) is 4.32. The highest BCUT2D eigenvalue weighted by atomic mass is 16.2. The minimum absolute atomic E-state index is 0.195. The van der Waals surface area contributed by atoms with Crippen LogP contribution in [0.3, 0.4) is 0 Å². The molecule has 0 atom stereocenters. The summed E-state index contributed by atoms with van der Waals surface area (Å²) in [6.07, 6.45) is 0.732. The molecule has 0 fully saturated rings. The number of imide groups is 1. The highest BCUT2D eigenvalue weighted by Gasteiger charge is 2.35. The van der Waals surface area contributed by atoms with Gasteiger partial charge in [-0.25, -0.2) is 4.79 Å². The van der Waals surface area contributed by atoms with Crippen molar-refractivity contribution in [2.45, 2.75) is 20.3 Å². The Hall–Kier alpha value is -3.15. The molecule has 6 heteroatoms. The molecule has 1 heterocycles. The van der Waals surface area contributed by atoms with Crippen molar-refractivity contribution in [2.75, 3.05) is 18.4 Å². The van der Waals surface area contributed by atoms with Gasteiger partial charge in [0.25, 0.3) is 11.8 Å². The SMILES string of the molecule is CC(C)CN1C(=O)c2ccc(NC(=O)NCCc3ccccc3)cc2C1=O. The van der Waals surface area contributed by atoms with Crippen LogP contribution in [0.25, 0.3) is 0 Å². The first kappa shape index (κ1) is 18.6. The Morgan fingerprint density at radius 2 is 1.70 bits per heavy atom. The van der Waals surface area contributed by atoms with Crippen molar-refractivity contribution in [1.82, 2.24) is 10.2 Å². The summed E-state index contributed by atoms with van der Waals surface area (Å²) in [7, 11) is 0. The van der Waals surface area contributed by atoms with E-state index in [1.807, 2.05) is 44.2 Å². The Bertz CT molecular complexity index is 862. The van der Waals surface area contributed by atoms with Crippen molar-refractivity contribution in [2.24, 2.45) is 5.92 Å². The molecule has 27 heavy (non-hydrogen) atoms. The summed E-state index contributed by atoms with van der Waals surface area (Å²) in [5, 5.41) is 5.51. The number of carbonyl (C=O) groups is 3. The number of hydrogen-bond donors (Lipinski definition) is 2. The Balaban J connectivity index is 1.59. The molecule has 0 aromatic heterocycles. The van der Waals surface area contributed by atoms with Gasteiger partial charge in [0, 0.05) is 18.8 Å². The predicted octanol–water partition coefficient (Wildman–Crippen LogP) is 3.30. The van der Waals surface area contributed by atoms with Crippen LogP contribution in [0, 0.1) is 5.92 Å². The topological polar surface area (TPSA) is 78.5 Å². The molecule has 2 aromatic rings. The molecule has 0 bridgehead atoms. The number of hydrogen-bond acceptors (Lipinski definition) is 3. The third kappa shape index (κ3) is 4.34. The number of benzene rings is 2. The van der Waals surface area contributed by atoms with Crippen molar-refractivity contribution < 1.29 is 14.4 Å². The van der Waals surface area contributed by atoms with Gasteiger partial charge in [0.15, 0.2) is 0 Å². The average Bonchev–Trinajstić information content (AvgIpc) is 2.87. The third-order valence-corrected chi connectivity index (χ3v) is 4.32. The largest absolute Gasteiger partial charge is 0.338 e. The molecule has 4 amide bonds. The zero-order chi connectivity index (χ0) is 19.4. The summed E-state index contributed by atoms with van der Waals surface area (Å²) < 4.78 is 0. The number of anilines is 1. The molecule has 1 aliphatic rings. The van der Waals surface area contributed by atoms with E-state index in [1.54, 1.807) is 18.2 Å². The molecule has 2 aromatic carbocycles. The van der Waals surface area contributed by atoms with Gasteiger partial charge in [-0.15, -0.1) is 0 Å². The number of nitrogens with zero attached hydrogens (tertiary/aromatic N) is 1. The maximum Gasteiger partial charge on any atom is 0.319 e. The van der Waals surface area contributed by atoms with Crippen LogP contribution in [0.4, 0.5) is 10.5 Å². The van der Waals surface area contributed by atoms with Crippen LogP contribution in [0.1, 0.15) is 40.1 Å². The number of carbonyl (C=O) groups excluding carboxylic acids is 3. The molecule has 140 valence electrons. The normalized spacial score (nSPS) is 13.1. The van der Waals surface area contributed by atoms with Crippen molar-refractivity contribution >= 4 is 23.5 Å². The molecular formula is C21H23N3O3. The minimum Gasteiger partial charge on any atom is -0.338 e. The highest BCUT2D eigenvalue weighted by Crippen LogP contribution is 2.26. The van der Waals surface area contributed by atoms with E-state index in [0.29, 0.717) is 29.9 Å². The number of fused-ring (bicyclic) bond motifs is 1. The van der Waals surface area contributed by atoms with Crippen molar-refractivity contribution in [3.8, 4) is 0 Å². The molecule has 0 aliphatic carbocycles. The molecule has 2 N–H and O–H groups in total. The lowest BCUT2D eigenvalue weighted by Gasteiger charge is -2.15. The fourth-order valence-corrected chi connectivity index (χ4v) is 3.04. The summed E-state index contributed by atoms with van der Waals surface area (Å²) in [4.78, 5) is 38.2. The van der Waals surface area contributed by atoms with Gasteiger partial charge < -0.3 is 10.6 Å². The van der Waals surface area contributed by atoms with Gasteiger partial charge >= 0.3 is 6.03 Å². The second kappa shape index (κ2) is 8.03. The van der Waals surface area contributed by atoms with Crippen LogP contribution in [-0.2, 0) is 6.42 Å². The van der Waals surface area contributed by atoms with Crippen LogP contribution in [0.5, 0.6) is 0 Å². The first-order valence-corrected chi connectivity index (χ1v) is 9.04. The quantitative estimate of drug-likeness (QED) is 0.771. The first-order chi connectivity index (χ1) is 13.0. The lowest BCUT2D eigenvalue weighted by atomic mass is 10.1. The van der Waals surface area contributed by atoms with Crippen molar-refractivity contribution in [3.05, 3.63) is 65.2 Å². The van der Waals surface area contributed by atoms with Gasteiger partial charge in [0.1, 0.15) is 0 Å². The van der Waals surface area contributed by atoms with Crippen LogP contribution >= 0.6 is 0 Å². The second-order valence-electron chi connectivity index (χ2n) is 6.99. The van der Waals surface area contributed by atoms with E-state index in [1.165, 1.54) is 4.90 Å². The molecule has 0 spiro atoms. The smallest absolute Gasteiger partial charge is 0.319 e. The summed E-state index contributed by atoms with van der Waals surface area (Å²) in [5.74, 6) is -0.389. The molecule has 0 unspecified atom stereocenters. The van der Waals surface area contributed by atoms with Crippen molar-refractivity contribution in [1.29, 1.82) is 0 Å². The zero-order valence-corrected chi connectivity index (χ0v) is 15.5. The first-order valence-electron chi connectivity index (χ1n) is 9.04. The Kier molecular flexibility index (Phi) is 5.54. The Morgan fingerprint density at radius 3 is 2.41 bits per heavy atom. The second-order valence-corrected chi connectivity index (χ2v) is 6.99. The Morgan fingerprint density at radius 1 is 1.00 bits per heavy atom. The van der Waals surface area contributed by atoms with Crippen LogP contribution < -0.4 is 10.6 Å².